The van der Waals surface area contributed by atoms with Gasteiger partial charge in [-0.2, -0.15) is 0 Å². The molecule has 0 unspecified atom stereocenters. The Morgan fingerprint density at radius 3 is 2.74 bits per heavy atom. The zero-order chi connectivity index (χ0) is 13.7. The van der Waals surface area contributed by atoms with E-state index in [4.69, 9.17) is 5.73 Å². The highest BCUT2D eigenvalue weighted by Gasteiger charge is 2.04. The zero-order valence-electron chi connectivity index (χ0n) is 10.2. The lowest BCUT2D eigenvalue weighted by atomic mass is 10.1. The van der Waals surface area contributed by atoms with Crippen LogP contribution in [-0.2, 0) is 17.8 Å². The van der Waals surface area contributed by atoms with Crippen LogP contribution >= 0.6 is 15.9 Å². The first-order valence-electron chi connectivity index (χ1n) is 5.80. The maximum Gasteiger partial charge on any atom is 0.241 e. The van der Waals surface area contributed by atoms with Crippen LogP contribution < -0.4 is 11.1 Å². The van der Waals surface area contributed by atoms with Crippen LogP contribution in [-0.4, -0.2) is 27.4 Å². The first-order chi connectivity index (χ1) is 9.13. The molecule has 2 rings (SSSR count). The average molecular weight is 324 g/mol. The third-order valence-electron chi connectivity index (χ3n) is 2.51. The number of amides is 1. The maximum atomic E-state index is 11.6. The van der Waals surface area contributed by atoms with E-state index in [0.29, 0.717) is 12.4 Å². The first kappa shape index (κ1) is 13.5. The molecule has 0 fully saturated rings. The van der Waals surface area contributed by atoms with Crippen molar-refractivity contribution in [1.82, 2.24) is 20.3 Å². The largest absolute Gasteiger partial charge is 0.381 e. The van der Waals surface area contributed by atoms with E-state index < -0.39 is 0 Å². The van der Waals surface area contributed by atoms with E-state index >= 15 is 0 Å². The normalized spacial score (nSPS) is 10.4. The van der Waals surface area contributed by atoms with Crippen molar-refractivity contribution in [2.45, 2.75) is 13.0 Å². The summed E-state index contributed by atoms with van der Waals surface area (Å²) in [5.41, 5.74) is 6.59. The Morgan fingerprint density at radius 2 is 2.11 bits per heavy atom. The van der Waals surface area contributed by atoms with Crippen LogP contribution in [0.3, 0.4) is 0 Å². The highest BCUT2D eigenvalue weighted by Crippen LogP contribution is 2.10. The molecule has 0 atom stereocenters. The highest BCUT2D eigenvalue weighted by molar-refractivity contribution is 9.10. The molecule has 0 spiro atoms. The summed E-state index contributed by atoms with van der Waals surface area (Å²) in [7, 11) is 0. The Morgan fingerprint density at radius 1 is 1.37 bits per heavy atom. The van der Waals surface area contributed by atoms with Gasteiger partial charge in [0.2, 0.25) is 5.91 Å². The highest BCUT2D eigenvalue weighted by atomic mass is 79.9. The van der Waals surface area contributed by atoms with Gasteiger partial charge in [0.1, 0.15) is 6.54 Å². The van der Waals surface area contributed by atoms with Crippen LogP contribution in [0.2, 0.25) is 0 Å². The summed E-state index contributed by atoms with van der Waals surface area (Å²) in [5.74, 6) is 0.199. The Labute approximate surface area is 119 Å². The lowest BCUT2D eigenvalue weighted by Crippen LogP contribution is -2.29. The molecule has 0 aliphatic rings. The lowest BCUT2D eigenvalue weighted by molar-refractivity contribution is -0.121. The molecular weight excluding hydrogens is 310 g/mol. The number of nitrogens with one attached hydrogen (secondary N) is 1. The summed E-state index contributed by atoms with van der Waals surface area (Å²) < 4.78 is 2.45. The molecule has 0 saturated carbocycles. The summed E-state index contributed by atoms with van der Waals surface area (Å²) in [6.45, 7) is 0.717. The number of nitrogens with zero attached hydrogens (tertiary/aromatic N) is 3. The molecule has 3 N–H and O–H groups in total. The molecule has 1 aromatic heterocycles. The van der Waals surface area contributed by atoms with Crippen LogP contribution in [0.25, 0.3) is 0 Å². The topological polar surface area (TPSA) is 85.8 Å². The number of carbonyl (C=O) groups excluding carboxylic acids is 1. The van der Waals surface area contributed by atoms with E-state index in [1.54, 1.807) is 0 Å². The van der Waals surface area contributed by atoms with Crippen LogP contribution in [0, 0.1) is 0 Å². The number of nitrogens with two attached hydrogens (primary N) is 1. The Kier molecular flexibility index (Phi) is 4.51. The third-order valence-corrected chi connectivity index (χ3v) is 3.04. The molecule has 1 heterocycles. The maximum absolute atomic E-state index is 11.6. The van der Waals surface area contributed by atoms with Gasteiger partial charge in [0, 0.05) is 11.0 Å². The molecule has 0 bridgehead atoms. The number of aromatic nitrogens is 3. The fourth-order valence-corrected chi connectivity index (χ4v) is 1.86. The summed E-state index contributed by atoms with van der Waals surface area (Å²) in [4.78, 5) is 11.6. The molecule has 2 aromatic rings. The molecule has 0 aliphatic heterocycles. The van der Waals surface area contributed by atoms with Gasteiger partial charge in [0.25, 0.3) is 0 Å². The number of benzene rings is 1. The van der Waals surface area contributed by atoms with Gasteiger partial charge in [-0.3, -0.25) is 4.79 Å². The van der Waals surface area contributed by atoms with Gasteiger partial charge >= 0.3 is 0 Å². The number of nitrogen functional groups attached to an aromatic ring is 1. The van der Waals surface area contributed by atoms with Crippen molar-refractivity contribution in [2.75, 3.05) is 12.3 Å². The monoisotopic (exact) mass is 323 g/mol. The SMILES string of the molecule is Nc1cn(CC(=O)NCCc2ccc(Br)cc2)nn1. The van der Waals surface area contributed by atoms with Crippen molar-refractivity contribution < 1.29 is 4.79 Å². The fourth-order valence-electron chi connectivity index (χ4n) is 1.59. The molecule has 1 amide bonds. The van der Waals surface area contributed by atoms with Crippen molar-refractivity contribution in [3.63, 3.8) is 0 Å². The van der Waals surface area contributed by atoms with E-state index in [0.717, 1.165) is 10.9 Å². The van der Waals surface area contributed by atoms with Crippen LogP contribution in [0.15, 0.2) is 34.9 Å². The number of anilines is 1. The number of carbonyl (C=O) groups is 1. The predicted octanol–water partition coefficient (Wildman–Crippen LogP) is 0.982. The lowest BCUT2D eigenvalue weighted by Gasteiger charge is -2.05. The Balaban J connectivity index is 1.73. The van der Waals surface area contributed by atoms with Gasteiger partial charge in [-0.1, -0.05) is 33.3 Å². The number of hydrogen-bond donors (Lipinski definition) is 2. The Bertz CT molecular complexity index is 552. The second-order valence-electron chi connectivity index (χ2n) is 4.07. The van der Waals surface area contributed by atoms with E-state index in [1.807, 2.05) is 24.3 Å². The van der Waals surface area contributed by atoms with Crippen molar-refractivity contribution in [2.24, 2.45) is 0 Å². The van der Waals surface area contributed by atoms with E-state index in [9.17, 15) is 4.79 Å². The zero-order valence-corrected chi connectivity index (χ0v) is 11.8. The molecule has 0 saturated heterocycles. The van der Waals surface area contributed by atoms with Crippen molar-refractivity contribution in [3.8, 4) is 0 Å². The summed E-state index contributed by atoms with van der Waals surface area (Å²) >= 11 is 3.38. The third kappa shape index (κ3) is 4.36. The van der Waals surface area contributed by atoms with Crippen LogP contribution in [0.5, 0.6) is 0 Å². The van der Waals surface area contributed by atoms with E-state index in [-0.39, 0.29) is 12.5 Å². The van der Waals surface area contributed by atoms with Crippen molar-refractivity contribution >= 4 is 27.7 Å². The van der Waals surface area contributed by atoms with Crippen LogP contribution in [0.4, 0.5) is 5.82 Å². The summed E-state index contributed by atoms with van der Waals surface area (Å²) in [5, 5.41) is 10.1. The molecular formula is C12H14BrN5O. The van der Waals surface area contributed by atoms with Gasteiger partial charge in [-0.05, 0) is 24.1 Å². The van der Waals surface area contributed by atoms with Crippen molar-refractivity contribution in [3.05, 3.63) is 40.5 Å². The minimum atomic E-state index is -0.109. The van der Waals surface area contributed by atoms with Gasteiger partial charge in [-0.25, -0.2) is 4.68 Å². The fraction of sp³-hybridized carbons (Fsp3) is 0.250. The second kappa shape index (κ2) is 6.33. The minimum absolute atomic E-state index is 0.109. The molecule has 7 heteroatoms. The Hall–Kier alpha value is -1.89. The smallest absolute Gasteiger partial charge is 0.241 e. The van der Waals surface area contributed by atoms with Gasteiger partial charge in [0.05, 0.1) is 6.20 Å². The average Bonchev–Trinajstić information content (AvgIpc) is 2.77. The molecule has 19 heavy (non-hydrogen) atoms. The molecule has 1 aromatic carbocycles. The number of rotatable bonds is 5. The van der Waals surface area contributed by atoms with Crippen LogP contribution in [0.1, 0.15) is 5.56 Å². The van der Waals surface area contributed by atoms with E-state index in [1.165, 1.54) is 16.4 Å². The van der Waals surface area contributed by atoms with E-state index in [2.05, 4.69) is 31.6 Å². The molecule has 100 valence electrons. The summed E-state index contributed by atoms with van der Waals surface area (Å²) in [6.07, 6.45) is 2.31. The van der Waals surface area contributed by atoms with Gasteiger partial charge in [0.15, 0.2) is 5.82 Å². The standard InChI is InChI=1S/C12H14BrN5O/c13-10-3-1-9(2-4-10)5-6-15-12(19)8-18-7-11(14)16-17-18/h1-4,7H,5-6,8,14H2,(H,15,19). The van der Waals surface area contributed by atoms with Gasteiger partial charge < -0.3 is 11.1 Å². The first-order valence-corrected chi connectivity index (χ1v) is 6.59. The van der Waals surface area contributed by atoms with Crippen molar-refractivity contribution in [1.29, 1.82) is 0 Å². The molecule has 0 aliphatic carbocycles. The van der Waals surface area contributed by atoms with Gasteiger partial charge in [-0.15, -0.1) is 5.10 Å². The predicted molar refractivity (Wildman–Crippen MR) is 75.3 cm³/mol. The quantitative estimate of drug-likeness (QED) is 0.858. The number of halogens is 1. The second-order valence-corrected chi connectivity index (χ2v) is 4.98. The number of hydrogen-bond acceptors (Lipinski definition) is 4. The molecule has 0 radical (unpaired) electrons. The molecule has 6 nitrogen and oxygen atoms in total. The minimum Gasteiger partial charge on any atom is -0.381 e. The summed E-state index contributed by atoms with van der Waals surface area (Å²) in [6, 6.07) is 8.01.